The van der Waals surface area contributed by atoms with Crippen LogP contribution in [0.15, 0.2) is 30.3 Å². The Balaban J connectivity index is 2.70. The van der Waals surface area contributed by atoms with Crippen molar-refractivity contribution in [3.8, 4) is 0 Å². The summed E-state index contributed by atoms with van der Waals surface area (Å²) in [5.74, 6) is -1.21. The number of esters is 1. The van der Waals surface area contributed by atoms with Gasteiger partial charge in [-0.15, -0.1) is 0 Å². The number of Topliss-reactive ketones (excluding diaryl/α,β-unsaturated/α-hetero) is 1. The lowest BCUT2D eigenvalue weighted by Crippen LogP contribution is -2.41. The molecular formula is C13H15NO4. The Hall–Kier alpha value is -2.17. The van der Waals surface area contributed by atoms with Gasteiger partial charge >= 0.3 is 5.97 Å². The molecule has 96 valence electrons. The first-order chi connectivity index (χ1) is 8.54. The van der Waals surface area contributed by atoms with Crippen molar-refractivity contribution in [2.24, 2.45) is 0 Å². The van der Waals surface area contributed by atoms with Crippen LogP contribution < -0.4 is 5.32 Å². The Morgan fingerprint density at radius 3 is 2.33 bits per heavy atom. The third-order valence-corrected chi connectivity index (χ3v) is 2.43. The van der Waals surface area contributed by atoms with Gasteiger partial charge < -0.3 is 10.1 Å². The fourth-order valence-corrected chi connectivity index (χ4v) is 1.38. The number of carbonyl (C=O) groups excluding carboxylic acids is 3. The molecule has 5 heteroatoms. The number of benzene rings is 1. The molecule has 0 heterocycles. The van der Waals surface area contributed by atoms with E-state index in [-0.39, 0.29) is 18.1 Å². The lowest BCUT2D eigenvalue weighted by Gasteiger charge is -2.14. The van der Waals surface area contributed by atoms with Crippen LogP contribution in [-0.4, -0.2) is 30.8 Å². The van der Waals surface area contributed by atoms with Gasteiger partial charge in [0.2, 0.25) is 0 Å². The molecule has 0 saturated carbocycles. The van der Waals surface area contributed by atoms with Crippen LogP contribution >= 0.6 is 0 Å². The van der Waals surface area contributed by atoms with Gasteiger partial charge in [0.05, 0.1) is 19.6 Å². The van der Waals surface area contributed by atoms with Crippen molar-refractivity contribution in [3.05, 3.63) is 35.9 Å². The number of rotatable bonds is 5. The third-order valence-electron chi connectivity index (χ3n) is 2.43. The van der Waals surface area contributed by atoms with Crippen LogP contribution in [0.3, 0.4) is 0 Å². The van der Waals surface area contributed by atoms with Crippen molar-refractivity contribution >= 4 is 17.7 Å². The minimum Gasteiger partial charge on any atom is -0.469 e. The molecule has 0 aromatic heterocycles. The number of ether oxygens (including phenoxy) is 1. The molecule has 18 heavy (non-hydrogen) atoms. The summed E-state index contributed by atoms with van der Waals surface area (Å²) in [6, 6.07) is 7.63. The minimum atomic E-state index is -0.856. The topological polar surface area (TPSA) is 72.5 Å². The lowest BCUT2D eigenvalue weighted by atomic mass is 10.1. The number of nitrogens with one attached hydrogen (secondary N) is 1. The van der Waals surface area contributed by atoms with Crippen LogP contribution in [0.1, 0.15) is 23.7 Å². The van der Waals surface area contributed by atoms with Crippen molar-refractivity contribution in [1.29, 1.82) is 0 Å². The van der Waals surface area contributed by atoms with Gasteiger partial charge in [-0.2, -0.15) is 0 Å². The van der Waals surface area contributed by atoms with E-state index in [0.717, 1.165) is 0 Å². The molecule has 1 atom stereocenters. The van der Waals surface area contributed by atoms with E-state index in [9.17, 15) is 14.4 Å². The molecule has 0 bridgehead atoms. The van der Waals surface area contributed by atoms with E-state index in [2.05, 4.69) is 10.1 Å². The smallest absolute Gasteiger partial charge is 0.308 e. The molecule has 0 radical (unpaired) electrons. The molecule has 1 rings (SSSR count). The van der Waals surface area contributed by atoms with Crippen molar-refractivity contribution in [2.75, 3.05) is 7.11 Å². The lowest BCUT2D eigenvalue weighted by molar-refractivity contribution is -0.142. The summed E-state index contributed by atoms with van der Waals surface area (Å²) in [5, 5.41) is 2.51. The highest BCUT2D eigenvalue weighted by molar-refractivity contribution is 5.98. The Morgan fingerprint density at radius 1 is 1.22 bits per heavy atom. The van der Waals surface area contributed by atoms with Gasteiger partial charge in [0, 0.05) is 5.56 Å². The molecule has 0 unspecified atom stereocenters. The summed E-state index contributed by atoms with van der Waals surface area (Å²) < 4.78 is 4.48. The number of carbonyl (C=O) groups is 3. The van der Waals surface area contributed by atoms with E-state index in [1.54, 1.807) is 30.3 Å². The van der Waals surface area contributed by atoms with Crippen molar-refractivity contribution < 1.29 is 19.1 Å². The van der Waals surface area contributed by atoms with Crippen LogP contribution in [0.4, 0.5) is 0 Å². The average molecular weight is 249 g/mol. The highest BCUT2D eigenvalue weighted by Crippen LogP contribution is 2.02. The van der Waals surface area contributed by atoms with Gasteiger partial charge in [-0.25, -0.2) is 0 Å². The van der Waals surface area contributed by atoms with E-state index in [1.165, 1.54) is 14.0 Å². The Bertz CT molecular complexity index is 442. The van der Waals surface area contributed by atoms with Crippen LogP contribution in [0, 0.1) is 0 Å². The Labute approximate surface area is 105 Å². The first-order valence-electron chi connectivity index (χ1n) is 5.47. The summed E-state index contributed by atoms with van der Waals surface area (Å²) in [6.07, 6.45) is -0.162. The normalized spacial score (nSPS) is 11.4. The summed E-state index contributed by atoms with van der Waals surface area (Å²) in [5.41, 5.74) is 0.439. The molecule has 1 aromatic rings. The van der Waals surface area contributed by atoms with Gasteiger partial charge in [0.1, 0.15) is 0 Å². The number of hydrogen-bond donors (Lipinski definition) is 1. The molecule has 1 aromatic carbocycles. The Morgan fingerprint density at radius 2 is 1.83 bits per heavy atom. The molecule has 0 spiro atoms. The second-order valence-corrected chi connectivity index (χ2v) is 3.78. The summed E-state index contributed by atoms with van der Waals surface area (Å²) in [7, 11) is 1.23. The number of ketones is 1. The van der Waals surface area contributed by atoms with Crippen LogP contribution in [-0.2, 0) is 14.3 Å². The zero-order valence-electron chi connectivity index (χ0n) is 10.3. The van der Waals surface area contributed by atoms with Crippen molar-refractivity contribution in [2.45, 2.75) is 19.4 Å². The molecule has 0 fully saturated rings. The molecule has 0 aliphatic heterocycles. The molecular weight excluding hydrogens is 234 g/mol. The second kappa shape index (κ2) is 6.54. The zero-order chi connectivity index (χ0) is 13.5. The molecule has 0 aliphatic rings. The largest absolute Gasteiger partial charge is 0.469 e. The number of methoxy groups -OCH3 is 1. The Kier molecular flexibility index (Phi) is 5.05. The van der Waals surface area contributed by atoms with Gasteiger partial charge in [0.25, 0.3) is 5.91 Å². The summed E-state index contributed by atoms with van der Waals surface area (Å²) >= 11 is 0. The average Bonchev–Trinajstić information content (AvgIpc) is 2.38. The van der Waals surface area contributed by atoms with Crippen molar-refractivity contribution in [3.63, 3.8) is 0 Å². The fourth-order valence-electron chi connectivity index (χ4n) is 1.38. The minimum absolute atomic E-state index is 0.162. The standard InChI is InChI=1S/C13H15NO4/c1-9(15)11(8-12(16)18-2)14-13(17)10-6-4-3-5-7-10/h3-7,11H,8H2,1-2H3,(H,14,17)/t11-/m1/s1. The first-order valence-corrected chi connectivity index (χ1v) is 5.47. The van der Waals surface area contributed by atoms with E-state index >= 15 is 0 Å². The molecule has 1 N–H and O–H groups in total. The van der Waals surface area contributed by atoms with Crippen molar-refractivity contribution in [1.82, 2.24) is 5.32 Å². The maximum Gasteiger partial charge on any atom is 0.308 e. The fraction of sp³-hybridized carbons (Fsp3) is 0.308. The van der Waals surface area contributed by atoms with Gasteiger partial charge in [0.15, 0.2) is 5.78 Å². The highest BCUT2D eigenvalue weighted by atomic mass is 16.5. The van der Waals surface area contributed by atoms with Gasteiger partial charge in [-0.1, -0.05) is 18.2 Å². The third kappa shape index (κ3) is 4.01. The SMILES string of the molecule is COC(=O)C[C@@H](NC(=O)c1ccccc1)C(C)=O. The molecule has 1 amide bonds. The monoisotopic (exact) mass is 249 g/mol. The number of amides is 1. The number of hydrogen-bond acceptors (Lipinski definition) is 4. The quantitative estimate of drug-likeness (QED) is 0.788. The van der Waals surface area contributed by atoms with E-state index < -0.39 is 12.0 Å². The second-order valence-electron chi connectivity index (χ2n) is 3.78. The van der Waals surface area contributed by atoms with Gasteiger partial charge in [-0.3, -0.25) is 14.4 Å². The maximum atomic E-state index is 11.8. The first kappa shape index (κ1) is 13.9. The summed E-state index contributed by atoms with van der Waals surface area (Å²) in [6.45, 7) is 1.32. The van der Waals surface area contributed by atoms with E-state index in [0.29, 0.717) is 5.56 Å². The zero-order valence-corrected chi connectivity index (χ0v) is 10.3. The van der Waals surface area contributed by atoms with Crippen LogP contribution in [0.25, 0.3) is 0 Å². The van der Waals surface area contributed by atoms with E-state index in [1.807, 2.05) is 0 Å². The molecule has 5 nitrogen and oxygen atoms in total. The highest BCUT2D eigenvalue weighted by Gasteiger charge is 2.21. The summed E-state index contributed by atoms with van der Waals surface area (Å²) in [4.78, 5) is 34.3. The predicted octanol–water partition coefficient (Wildman–Crippen LogP) is 0.937. The maximum absolute atomic E-state index is 11.8. The predicted molar refractivity (Wildman–Crippen MR) is 65.0 cm³/mol. The molecule has 0 aliphatic carbocycles. The van der Waals surface area contributed by atoms with Crippen LogP contribution in [0.2, 0.25) is 0 Å². The van der Waals surface area contributed by atoms with E-state index in [4.69, 9.17) is 0 Å². The van der Waals surface area contributed by atoms with Crippen LogP contribution in [0.5, 0.6) is 0 Å². The van der Waals surface area contributed by atoms with Gasteiger partial charge in [-0.05, 0) is 19.1 Å². The molecule has 0 saturated heterocycles.